The van der Waals surface area contributed by atoms with E-state index in [4.69, 9.17) is 9.79 Å². The fourth-order valence-electron chi connectivity index (χ4n) is 1.47. The van der Waals surface area contributed by atoms with Gasteiger partial charge in [-0.1, -0.05) is 19.3 Å². The predicted molar refractivity (Wildman–Crippen MR) is 46.6 cm³/mol. The van der Waals surface area contributed by atoms with Crippen LogP contribution in [0.25, 0.3) is 0 Å². The molecule has 1 aliphatic carbocycles. The molecule has 0 aromatic carbocycles. The van der Waals surface area contributed by atoms with E-state index >= 15 is 0 Å². The van der Waals surface area contributed by atoms with Crippen LogP contribution in [0.1, 0.15) is 25.7 Å². The zero-order valence-corrected chi connectivity index (χ0v) is 15.6. The van der Waals surface area contributed by atoms with Gasteiger partial charge in [-0.3, -0.25) is 0 Å². The van der Waals surface area contributed by atoms with Gasteiger partial charge in [-0.15, -0.1) is 0 Å². The van der Waals surface area contributed by atoms with Crippen molar-refractivity contribution >= 4 is 15.2 Å². The molecule has 1 saturated carbocycles. The van der Waals surface area contributed by atoms with Gasteiger partial charge in [0.1, 0.15) is 0 Å². The van der Waals surface area contributed by atoms with Crippen molar-refractivity contribution in [2.24, 2.45) is 5.92 Å². The molecule has 90 valence electrons. The van der Waals surface area contributed by atoms with E-state index in [0.29, 0.717) is 12.8 Å². The van der Waals surface area contributed by atoms with Crippen LogP contribution in [0.3, 0.4) is 0 Å². The molecule has 0 spiro atoms. The predicted octanol–water partition coefficient (Wildman–Crippen LogP) is -7.08. The van der Waals surface area contributed by atoms with Crippen molar-refractivity contribution in [2.45, 2.75) is 30.8 Å². The van der Waals surface area contributed by atoms with Gasteiger partial charge in [0, 0.05) is 0 Å². The number of aliphatic hydroxyl groups is 1. The van der Waals surface area contributed by atoms with Crippen LogP contribution < -0.4 is 68.9 Å². The van der Waals surface area contributed by atoms with E-state index in [1.807, 2.05) is 0 Å². The first-order valence-electron chi connectivity index (χ1n) is 4.38. The zero-order chi connectivity index (χ0) is 11.9. The molecule has 0 aromatic rings. The summed E-state index contributed by atoms with van der Waals surface area (Å²) in [6.45, 7) is 0. The van der Waals surface area contributed by atoms with Crippen molar-refractivity contribution in [3.63, 3.8) is 0 Å². The molecule has 7 nitrogen and oxygen atoms in total. The van der Waals surface area contributed by atoms with Crippen LogP contribution in [0.4, 0.5) is 0 Å². The summed E-state index contributed by atoms with van der Waals surface area (Å²) in [5, 5.41) is 5.93. The van der Waals surface area contributed by atoms with E-state index in [2.05, 4.69) is 0 Å². The second-order valence-electron chi connectivity index (χ2n) is 3.82. The second kappa shape index (κ2) is 7.32. The van der Waals surface area contributed by atoms with Gasteiger partial charge in [-0.25, -0.2) is 0 Å². The maximum absolute atomic E-state index is 10.8. The Labute approximate surface area is 143 Å². The van der Waals surface area contributed by atoms with E-state index in [-0.39, 0.29) is 65.0 Å². The van der Waals surface area contributed by atoms with Crippen LogP contribution in [0.2, 0.25) is 0 Å². The molecular formula is C6H12Na2O7P2. The molecule has 0 saturated heterocycles. The molecule has 1 aliphatic rings. The van der Waals surface area contributed by atoms with Crippen molar-refractivity contribution in [1.29, 1.82) is 0 Å². The van der Waals surface area contributed by atoms with Gasteiger partial charge in [0.2, 0.25) is 0 Å². The summed E-state index contributed by atoms with van der Waals surface area (Å²) in [6.07, 6.45) is 1.27. The summed E-state index contributed by atoms with van der Waals surface area (Å²) in [5.41, 5.74) is 0. The SMILES string of the molecule is O=P([O-])(O)C(O)(CC1CCC1)P(=O)([O-])O.[Na+].[Na+]. The quantitative estimate of drug-likeness (QED) is 0.346. The first-order valence-corrected chi connectivity index (χ1v) is 7.53. The van der Waals surface area contributed by atoms with Crippen molar-refractivity contribution in [1.82, 2.24) is 0 Å². The Balaban J connectivity index is 0. The van der Waals surface area contributed by atoms with Crippen molar-refractivity contribution in [3.05, 3.63) is 0 Å². The Bertz CT molecular complexity index is 311. The van der Waals surface area contributed by atoms with Crippen LogP contribution in [0.5, 0.6) is 0 Å². The van der Waals surface area contributed by atoms with E-state index in [9.17, 15) is 24.0 Å². The molecule has 2 atom stereocenters. The normalized spacial score (nSPS) is 26.2. The Kier molecular flexibility index (Phi) is 9.28. The number of hydrogen-bond acceptors (Lipinski definition) is 5. The third kappa shape index (κ3) is 4.94. The fraction of sp³-hybridized carbons (Fsp3) is 1.00. The third-order valence-electron chi connectivity index (χ3n) is 2.69. The van der Waals surface area contributed by atoms with E-state index in [0.717, 1.165) is 6.42 Å². The minimum absolute atomic E-state index is 0. The Morgan fingerprint density at radius 1 is 1.12 bits per heavy atom. The number of hydrogen-bond donors (Lipinski definition) is 3. The molecule has 11 heteroatoms. The van der Waals surface area contributed by atoms with Crippen LogP contribution in [-0.2, 0) is 9.13 Å². The fourth-order valence-corrected chi connectivity index (χ4v) is 3.73. The standard InChI is InChI=1S/C6H14O7P2.2Na/c7-6(14(8,9)10,15(11,12)13)4-5-2-1-3-5;;/h5,7H,1-4H2,(H2,8,9,10)(H2,11,12,13);;/q;2*+1/p-2. The molecule has 3 N–H and O–H groups in total. The maximum Gasteiger partial charge on any atom is 1.00 e. The molecule has 1 rings (SSSR count). The van der Waals surface area contributed by atoms with E-state index in [1.54, 1.807) is 0 Å². The topological polar surface area (TPSA) is 141 Å². The average molecular weight is 304 g/mol. The maximum atomic E-state index is 10.8. The Morgan fingerprint density at radius 2 is 1.47 bits per heavy atom. The van der Waals surface area contributed by atoms with Gasteiger partial charge < -0.3 is 33.8 Å². The molecule has 2 unspecified atom stereocenters. The van der Waals surface area contributed by atoms with E-state index < -0.39 is 26.7 Å². The van der Waals surface area contributed by atoms with E-state index in [1.165, 1.54) is 0 Å². The molecule has 0 aliphatic heterocycles. The average Bonchev–Trinajstić information content (AvgIpc) is 1.91. The van der Waals surface area contributed by atoms with Crippen molar-refractivity contribution in [3.8, 4) is 0 Å². The van der Waals surface area contributed by atoms with Gasteiger partial charge in [0.25, 0.3) is 0 Å². The van der Waals surface area contributed by atoms with Gasteiger partial charge >= 0.3 is 59.1 Å². The van der Waals surface area contributed by atoms with Crippen LogP contribution in [-0.4, -0.2) is 20.0 Å². The van der Waals surface area contributed by atoms with Gasteiger partial charge in [-0.05, 0) is 12.3 Å². The molecule has 0 aromatic heterocycles. The van der Waals surface area contributed by atoms with Gasteiger partial charge in [-0.2, -0.15) is 0 Å². The molecule has 0 heterocycles. The monoisotopic (exact) mass is 304 g/mol. The zero-order valence-electron chi connectivity index (χ0n) is 9.77. The summed E-state index contributed by atoms with van der Waals surface area (Å²) in [6, 6.07) is 0. The minimum atomic E-state index is -5.56. The summed E-state index contributed by atoms with van der Waals surface area (Å²) in [7, 11) is -11.1. The van der Waals surface area contributed by atoms with Gasteiger partial charge in [0.15, 0.2) is 20.3 Å². The third-order valence-corrected chi connectivity index (χ3v) is 6.38. The van der Waals surface area contributed by atoms with Crippen LogP contribution >= 0.6 is 15.2 Å². The molecule has 0 amide bonds. The molecule has 0 radical (unpaired) electrons. The molecule has 1 fully saturated rings. The smallest absolute Gasteiger partial charge is 0.776 e. The van der Waals surface area contributed by atoms with Crippen LogP contribution in [0, 0.1) is 5.92 Å². The molecular weight excluding hydrogens is 292 g/mol. The van der Waals surface area contributed by atoms with Gasteiger partial charge in [0.05, 0.1) is 0 Å². The first kappa shape index (κ1) is 21.6. The summed E-state index contributed by atoms with van der Waals surface area (Å²) in [4.78, 5) is 38.9. The second-order valence-corrected chi connectivity index (χ2v) is 7.73. The minimum Gasteiger partial charge on any atom is -0.776 e. The summed E-state index contributed by atoms with van der Waals surface area (Å²) >= 11 is 0. The molecule has 17 heavy (non-hydrogen) atoms. The largest absolute Gasteiger partial charge is 1.00 e. The Morgan fingerprint density at radius 3 is 1.65 bits per heavy atom. The number of rotatable bonds is 4. The van der Waals surface area contributed by atoms with Crippen molar-refractivity contribution < 1.29 is 92.9 Å². The first-order chi connectivity index (χ1) is 6.58. The Hall–Kier alpha value is 2.26. The van der Waals surface area contributed by atoms with Crippen LogP contribution in [0.15, 0.2) is 0 Å². The summed E-state index contributed by atoms with van der Waals surface area (Å²) in [5.74, 6) is -0.307. The molecule has 0 bridgehead atoms. The van der Waals surface area contributed by atoms with Crippen molar-refractivity contribution in [2.75, 3.05) is 0 Å². The summed E-state index contributed by atoms with van der Waals surface area (Å²) < 4.78 is 21.6.